The lowest BCUT2D eigenvalue weighted by Gasteiger charge is -2.09. The number of thioether (sulfide) groups is 1. The number of amides is 1. The molecule has 1 aromatic heterocycles. The number of ether oxygens (including phenoxy) is 1. The summed E-state index contributed by atoms with van der Waals surface area (Å²) in [6, 6.07) is 7.35. The molecule has 2 heterocycles. The number of benzene rings is 1. The van der Waals surface area contributed by atoms with Crippen LogP contribution in [0.2, 0.25) is 0 Å². The molecule has 0 unspecified atom stereocenters. The predicted octanol–water partition coefficient (Wildman–Crippen LogP) is 1.95. The van der Waals surface area contributed by atoms with Gasteiger partial charge >= 0.3 is 5.97 Å². The summed E-state index contributed by atoms with van der Waals surface area (Å²) in [5.74, 6) is -0.805. The van der Waals surface area contributed by atoms with Gasteiger partial charge in [-0.2, -0.15) is 0 Å². The van der Waals surface area contributed by atoms with Crippen molar-refractivity contribution < 1.29 is 19.4 Å². The molecule has 0 aliphatic carbocycles. The summed E-state index contributed by atoms with van der Waals surface area (Å²) in [5, 5.41) is 16.9. The van der Waals surface area contributed by atoms with Crippen LogP contribution in [0.25, 0.3) is 11.8 Å². The van der Waals surface area contributed by atoms with E-state index < -0.39 is 18.4 Å². The molecule has 3 rings (SSSR count). The molecule has 10 heteroatoms. The van der Waals surface area contributed by atoms with E-state index in [1.807, 2.05) is 31.2 Å². The van der Waals surface area contributed by atoms with Gasteiger partial charge in [-0.3, -0.25) is 14.5 Å². The largest absolute Gasteiger partial charge is 0.494 e. The molecule has 1 aromatic carbocycles. The van der Waals surface area contributed by atoms with E-state index in [9.17, 15) is 9.59 Å². The number of hydrogen-bond donors (Lipinski definition) is 1. The Bertz CT molecular complexity index is 892. The van der Waals surface area contributed by atoms with E-state index in [1.54, 1.807) is 17.0 Å². The van der Waals surface area contributed by atoms with Crippen LogP contribution < -0.4 is 4.74 Å². The Hall–Kier alpha value is -2.72. The minimum atomic E-state index is -1.12. The molecule has 0 bridgehead atoms. The second-order valence-electron chi connectivity index (χ2n) is 5.18. The van der Waals surface area contributed by atoms with Gasteiger partial charge in [-0.25, -0.2) is 4.68 Å². The molecule has 1 aliphatic rings. The van der Waals surface area contributed by atoms with Gasteiger partial charge in [0, 0.05) is 0 Å². The van der Waals surface area contributed by atoms with Gasteiger partial charge in [0.25, 0.3) is 5.91 Å². The topological polar surface area (TPSA) is 97.6 Å². The average Bonchev–Trinajstić information content (AvgIpc) is 3.16. The molecule has 134 valence electrons. The summed E-state index contributed by atoms with van der Waals surface area (Å²) in [6.45, 7) is 2.05. The van der Waals surface area contributed by atoms with E-state index in [0.29, 0.717) is 17.2 Å². The number of thiocarbonyl (C=S) groups is 1. The summed E-state index contributed by atoms with van der Waals surface area (Å²) in [7, 11) is 0. The number of carboxylic acids is 1. The van der Waals surface area contributed by atoms with Crippen molar-refractivity contribution in [3.63, 3.8) is 0 Å². The molecule has 1 saturated heterocycles. The average molecular weight is 390 g/mol. The highest BCUT2D eigenvalue weighted by atomic mass is 32.2. The van der Waals surface area contributed by atoms with Crippen molar-refractivity contribution in [2.75, 3.05) is 13.2 Å². The van der Waals surface area contributed by atoms with Crippen molar-refractivity contribution >= 4 is 46.3 Å². The minimum absolute atomic E-state index is 0.211. The summed E-state index contributed by atoms with van der Waals surface area (Å²) in [6.07, 6.45) is 3.21. The Balaban J connectivity index is 1.77. The van der Waals surface area contributed by atoms with Crippen molar-refractivity contribution in [2.24, 2.45) is 0 Å². The van der Waals surface area contributed by atoms with Crippen molar-refractivity contribution in [1.29, 1.82) is 0 Å². The maximum absolute atomic E-state index is 12.2. The summed E-state index contributed by atoms with van der Waals surface area (Å²) >= 11 is 6.10. The molecular formula is C16H14N4O4S2. The van der Waals surface area contributed by atoms with Crippen LogP contribution >= 0.6 is 24.0 Å². The third-order valence-corrected chi connectivity index (χ3v) is 4.75. The standard InChI is InChI=1S/C16H14N4O4S2/c1-2-24-12-5-3-11(4-6-12)20-8-10(17-18-20)7-13-15(23)19(9-14(21)22)16(25)26-13/h3-8H,2,9H2,1H3,(H,21,22)/b13-7-. The van der Waals surface area contributed by atoms with E-state index in [2.05, 4.69) is 10.3 Å². The molecule has 8 nitrogen and oxygen atoms in total. The molecular weight excluding hydrogens is 376 g/mol. The van der Waals surface area contributed by atoms with Crippen molar-refractivity contribution in [3.8, 4) is 11.4 Å². The Morgan fingerprint density at radius 1 is 1.38 bits per heavy atom. The van der Waals surface area contributed by atoms with Gasteiger partial charge in [-0.15, -0.1) is 5.10 Å². The van der Waals surface area contributed by atoms with Crippen LogP contribution in [0.4, 0.5) is 0 Å². The quantitative estimate of drug-likeness (QED) is 0.590. The molecule has 0 radical (unpaired) electrons. The summed E-state index contributed by atoms with van der Waals surface area (Å²) in [4.78, 5) is 24.4. The number of aromatic nitrogens is 3. The molecule has 1 N–H and O–H groups in total. The predicted molar refractivity (Wildman–Crippen MR) is 100 cm³/mol. The molecule has 0 atom stereocenters. The zero-order valence-electron chi connectivity index (χ0n) is 13.7. The smallest absolute Gasteiger partial charge is 0.323 e. The Labute approximate surface area is 158 Å². The highest BCUT2D eigenvalue weighted by Crippen LogP contribution is 2.32. The Morgan fingerprint density at radius 2 is 2.12 bits per heavy atom. The van der Waals surface area contributed by atoms with Crippen molar-refractivity contribution in [2.45, 2.75) is 6.92 Å². The number of carbonyl (C=O) groups is 2. The number of hydrogen-bond acceptors (Lipinski definition) is 7. The van der Waals surface area contributed by atoms with E-state index >= 15 is 0 Å². The lowest BCUT2D eigenvalue weighted by atomic mass is 10.3. The van der Waals surface area contributed by atoms with Crippen LogP contribution in [-0.2, 0) is 9.59 Å². The van der Waals surface area contributed by atoms with Gasteiger partial charge in [0.05, 0.1) is 23.4 Å². The highest BCUT2D eigenvalue weighted by Gasteiger charge is 2.33. The fraction of sp³-hybridized carbons (Fsp3) is 0.188. The number of rotatable bonds is 6. The number of nitrogens with zero attached hydrogens (tertiary/aromatic N) is 4. The number of carboxylic acid groups (broad SMARTS) is 1. The molecule has 0 saturated carbocycles. The molecule has 1 amide bonds. The van der Waals surface area contributed by atoms with Crippen LogP contribution in [0.5, 0.6) is 5.75 Å². The first-order chi connectivity index (χ1) is 12.5. The third kappa shape index (κ3) is 3.92. The van der Waals surface area contributed by atoms with Crippen molar-refractivity contribution in [1.82, 2.24) is 19.9 Å². The van der Waals surface area contributed by atoms with Gasteiger partial charge < -0.3 is 9.84 Å². The Morgan fingerprint density at radius 3 is 2.77 bits per heavy atom. The Kier molecular flexibility index (Phi) is 5.33. The second kappa shape index (κ2) is 7.67. The molecule has 2 aromatic rings. The zero-order chi connectivity index (χ0) is 18.7. The van der Waals surface area contributed by atoms with Crippen LogP contribution in [0.15, 0.2) is 35.4 Å². The molecule has 1 aliphatic heterocycles. The SMILES string of the molecule is CCOc1ccc(-n2cc(/C=C3\SC(=S)N(CC(=O)O)C3=O)nn2)cc1. The maximum Gasteiger partial charge on any atom is 0.323 e. The first kappa shape index (κ1) is 18.1. The van der Waals surface area contributed by atoms with E-state index in [4.69, 9.17) is 22.1 Å². The maximum atomic E-state index is 12.2. The first-order valence-electron chi connectivity index (χ1n) is 7.60. The monoisotopic (exact) mass is 390 g/mol. The van der Waals surface area contributed by atoms with E-state index in [0.717, 1.165) is 28.1 Å². The van der Waals surface area contributed by atoms with E-state index in [1.165, 1.54) is 0 Å². The van der Waals surface area contributed by atoms with Gasteiger partial charge in [0.1, 0.15) is 22.3 Å². The zero-order valence-corrected chi connectivity index (χ0v) is 15.3. The van der Waals surface area contributed by atoms with Gasteiger partial charge in [0.15, 0.2) is 0 Å². The number of aliphatic carboxylic acids is 1. The first-order valence-corrected chi connectivity index (χ1v) is 8.83. The normalized spacial score (nSPS) is 15.7. The fourth-order valence-corrected chi connectivity index (χ4v) is 3.48. The fourth-order valence-electron chi connectivity index (χ4n) is 2.24. The highest BCUT2D eigenvalue weighted by molar-refractivity contribution is 8.26. The van der Waals surface area contributed by atoms with Gasteiger partial charge in [0.2, 0.25) is 0 Å². The molecule has 0 spiro atoms. The van der Waals surface area contributed by atoms with Crippen LogP contribution in [-0.4, -0.2) is 54.3 Å². The van der Waals surface area contributed by atoms with Gasteiger partial charge in [-0.05, 0) is 37.3 Å². The van der Waals surface area contributed by atoms with Crippen molar-refractivity contribution in [3.05, 3.63) is 41.1 Å². The van der Waals surface area contributed by atoms with Crippen LogP contribution in [0.1, 0.15) is 12.6 Å². The third-order valence-electron chi connectivity index (χ3n) is 3.37. The second-order valence-corrected chi connectivity index (χ2v) is 6.85. The lowest BCUT2D eigenvalue weighted by Crippen LogP contribution is -2.33. The molecule has 1 fully saturated rings. The lowest BCUT2D eigenvalue weighted by molar-refractivity contribution is -0.140. The number of carbonyl (C=O) groups excluding carboxylic acids is 1. The summed E-state index contributed by atoms with van der Waals surface area (Å²) in [5.41, 5.74) is 1.26. The minimum Gasteiger partial charge on any atom is -0.494 e. The molecule has 26 heavy (non-hydrogen) atoms. The van der Waals surface area contributed by atoms with Gasteiger partial charge in [-0.1, -0.05) is 29.2 Å². The summed E-state index contributed by atoms with van der Waals surface area (Å²) < 4.78 is 7.18. The van der Waals surface area contributed by atoms with E-state index in [-0.39, 0.29) is 4.32 Å². The van der Waals surface area contributed by atoms with Crippen LogP contribution in [0, 0.1) is 0 Å². The van der Waals surface area contributed by atoms with Crippen LogP contribution in [0.3, 0.4) is 0 Å².